The number of rotatable bonds is 3. The summed E-state index contributed by atoms with van der Waals surface area (Å²) in [5, 5.41) is 0. The SMILES string of the molecule is CN(C)C(=O)C1CCCN(C2CCN(C3Cc4ccccc4C3)CC2)C1. The Labute approximate surface area is 158 Å². The molecule has 0 aromatic heterocycles. The second-order valence-corrected chi connectivity index (χ2v) is 8.66. The molecular formula is C22H33N3O. The molecule has 2 aliphatic heterocycles. The van der Waals surface area contributed by atoms with E-state index < -0.39 is 0 Å². The largest absolute Gasteiger partial charge is 0.349 e. The number of fused-ring (bicyclic) bond motifs is 1. The fraction of sp³-hybridized carbons (Fsp3) is 0.682. The summed E-state index contributed by atoms with van der Waals surface area (Å²) in [6.45, 7) is 4.57. The van der Waals surface area contributed by atoms with Crippen molar-refractivity contribution in [2.75, 3.05) is 40.3 Å². The summed E-state index contributed by atoms with van der Waals surface area (Å²) in [4.78, 5) is 19.5. The van der Waals surface area contributed by atoms with Gasteiger partial charge in [-0.25, -0.2) is 0 Å². The van der Waals surface area contributed by atoms with Crippen LogP contribution in [0.5, 0.6) is 0 Å². The summed E-state index contributed by atoms with van der Waals surface area (Å²) < 4.78 is 0. The quantitative estimate of drug-likeness (QED) is 0.833. The second-order valence-electron chi connectivity index (χ2n) is 8.66. The Balaban J connectivity index is 1.29. The van der Waals surface area contributed by atoms with Crippen LogP contribution in [0.2, 0.25) is 0 Å². The molecule has 4 nitrogen and oxygen atoms in total. The van der Waals surface area contributed by atoms with Gasteiger partial charge in [0.2, 0.25) is 5.91 Å². The highest BCUT2D eigenvalue weighted by molar-refractivity contribution is 5.78. The molecule has 26 heavy (non-hydrogen) atoms. The Morgan fingerprint density at radius 2 is 1.58 bits per heavy atom. The van der Waals surface area contributed by atoms with E-state index in [1.165, 1.54) is 51.7 Å². The van der Waals surface area contributed by atoms with Gasteiger partial charge in [-0.2, -0.15) is 0 Å². The normalized spacial score (nSPS) is 26.0. The van der Waals surface area contributed by atoms with E-state index >= 15 is 0 Å². The maximum Gasteiger partial charge on any atom is 0.226 e. The first-order chi connectivity index (χ1) is 12.6. The van der Waals surface area contributed by atoms with Crippen LogP contribution in [-0.4, -0.2) is 73.0 Å². The second kappa shape index (κ2) is 7.69. The van der Waals surface area contributed by atoms with Crippen LogP contribution in [-0.2, 0) is 17.6 Å². The van der Waals surface area contributed by atoms with Crippen LogP contribution in [0.15, 0.2) is 24.3 Å². The lowest BCUT2D eigenvalue weighted by atomic mass is 9.92. The average Bonchev–Trinajstić information content (AvgIpc) is 3.12. The van der Waals surface area contributed by atoms with Gasteiger partial charge < -0.3 is 4.90 Å². The van der Waals surface area contributed by atoms with Crippen molar-refractivity contribution < 1.29 is 4.79 Å². The van der Waals surface area contributed by atoms with Crippen LogP contribution < -0.4 is 0 Å². The topological polar surface area (TPSA) is 26.8 Å². The van der Waals surface area contributed by atoms with Crippen LogP contribution in [0.4, 0.5) is 0 Å². The molecule has 1 aromatic carbocycles. The molecule has 0 bridgehead atoms. The summed E-state index contributed by atoms with van der Waals surface area (Å²) in [5.41, 5.74) is 3.11. The van der Waals surface area contributed by atoms with Crippen molar-refractivity contribution in [3.63, 3.8) is 0 Å². The molecule has 0 N–H and O–H groups in total. The summed E-state index contributed by atoms with van der Waals surface area (Å²) in [7, 11) is 3.78. The van der Waals surface area contributed by atoms with Gasteiger partial charge in [-0.1, -0.05) is 24.3 Å². The standard InChI is InChI=1S/C22H33N3O/c1-23(2)22(26)19-8-5-11-25(16-19)20-9-12-24(13-10-20)21-14-17-6-3-4-7-18(17)15-21/h3-4,6-7,19-21H,5,8-16H2,1-2H3. The van der Waals surface area contributed by atoms with Gasteiger partial charge in [0.05, 0.1) is 5.92 Å². The Kier molecular flexibility index (Phi) is 5.32. The number of benzene rings is 1. The number of hydrogen-bond donors (Lipinski definition) is 0. The molecule has 2 heterocycles. The van der Waals surface area contributed by atoms with Crippen molar-refractivity contribution in [1.29, 1.82) is 0 Å². The maximum absolute atomic E-state index is 12.4. The lowest BCUT2D eigenvalue weighted by molar-refractivity contribution is -0.135. The highest BCUT2D eigenvalue weighted by atomic mass is 16.2. The van der Waals surface area contributed by atoms with Gasteiger partial charge in [0.15, 0.2) is 0 Å². The number of nitrogens with zero attached hydrogens (tertiary/aromatic N) is 3. The molecule has 142 valence electrons. The molecule has 4 rings (SSSR count). The van der Waals surface area contributed by atoms with E-state index in [9.17, 15) is 4.79 Å². The molecular weight excluding hydrogens is 322 g/mol. The molecule has 3 aliphatic rings. The van der Waals surface area contributed by atoms with Crippen molar-refractivity contribution in [2.24, 2.45) is 5.92 Å². The van der Waals surface area contributed by atoms with Crippen LogP contribution in [0.1, 0.15) is 36.8 Å². The van der Waals surface area contributed by atoms with Crippen LogP contribution >= 0.6 is 0 Å². The molecule has 2 saturated heterocycles. The fourth-order valence-electron chi connectivity index (χ4n) is 5.31. The molecule has 4 heteroatoms. The van der Waals surface area contributed by atoms with E-state index in [1.807, 2.05) is 14.1 Å². The van der Waals surface area contributed by atoms with Crippen molar-refractivity contribution in [3.8, 4) is 0 Å². The number of piperidine rings is 2. The smallest absolute Gasteiger partial charge is 0.226 e. The first kappa shape index (κ1) is 18.0. The lowest BCUT2D eigenvalue weighted by Gasteiger charge is -2.43. The molecule has 1 atom stereocenters. The zero-order valence-electron chi connectivity index (χ0n) is 16.4. The Morgan fingerprint density at radius 3 is 2.19 bits per heavy atom. The predicted octanol–water partition coefficient (Wildman–Crippen LogP) is 2.42. The van der Waals surface area contributed by atoms with E-state index in [-0.39, 0.29) is 5.92 Å². The lowest BCUT2D eigenvalue weighted by Crippen LogP contribution is -2.52. The van der Waals surface area contributed by atoms with Crippen molar-refractivity contribution >= 4 is 5.91 Å². The number of carbonyl (C=O) groups is 1. The molecule has 1 unspecified atom stereocenters. The zero-order chi connectivity index (χ0) is 18.1. The van der Waals surface area contributed by atoms with Gasteiger partial charge in [0, 0.05) is 32.7 Å². The molecule has 1 aliphatic carbocycles. The monoisotopic (exact) mass is 355 g/mol. The van der Waals surface area contributed by atoms with Crippen LogP contribution in [0.3, 0.4) is 0 Å². The van der Waals surface area contributed by atoms with E-state index in [0.717, 1.165) is 13.0 Å². The van der Waals surface area contributed by atoms with Gasteiger partial charge in [-0.3, -0.25) is 14.6 Å². The summed E-state index contributed by atoms with van der Waals surface area (Å²) >= 11 is 0. The highest BCUT2D eigenvalue weighted by Gasteiger charge is 2.34. The first-order valence-electron chi connectivity index (χ1n) is 10.4. The van der Waals surface area contributed by atoms with Crippen molar-refractivity contribution in [2.45, 2.75) is 50.6 Å². The third kappa shape index (κ3) is 3.67. The van der Waals surface area contributed by atoms with Gasteiger partial charge in [0.1, 0.15) is 0 Å². The number of amides is 1. The predicted molar refractivity (Wildman–Crippen MR) is 105 cm³/mol. The van der Waals surface area contributed by atoms with Crippen LogP contribution in [0, 0.1) is 5.92 Å². The molecule has 0 spiro atoms. The van der Waals surface area contributed by atoms with Gasteiger partial charge in [-0.05, 0) is 69.3 Å². The van der Waals surface area contributed by atoms with Crippen LogP contribution in [0.25, 0.3) is 0 Å². The Morgan fingerprint density at radius 1 is 0.923 bits per heavy atom. The van der Waals surface area contributed by atoms with Gasteiger partial charge >= 0.3 is 0 Å². The summed E-state index contributed by atoms with van der Waals surface area (Å²) in [5.74, 6) is 0.525. The number of hydrogen-bond acceptors (Lipinski definition) is 3. The van der Waals surface area contributed by atoms with E-state index in [4.69, 9.17) is 0 Å². The van der Waals surface area contributed by atoms with E-state index in [1.54, 1.807) is 16.0 Å². The number of carbonyl (C=O) groups excluding carboxylic acids is 1. The van der Waals surface area contributed by atoms with E-state index in [2.05, 4.69) is 34.1 Å². The molecule has 0 radical (unpaired) electrons. The maximum atomic E-state index is 12.4. The van der Waals surface area contributed by atoms with Gasteiger partial charge in [0.25, 0.3) is 0 Å². The minimum atomic E-state index is 0.209. The molecule has 2 fully saturated rings. The first-order valence-corrected chi connectivity index (χ1v) is 10.4. The minimum absolute atomic E-state index is 0.209. The van der Waals surface area contributed by atoms with E-state index in [0.29, 0.717) is 18.0 Å². The van der Waals surface area contributed by atoms with Gasteiger partial charge in [-0.15, -0.1) is 0 Å². The third-order valence-corrected chi connectivity index (χ3v) is 6.80. The van der Waals surface area contributed by atoms with Crippen molar-refractivity contribution in [3.05, 3.63) is 35.4 Å². The van der Waals surface area contributed by atoms with Crippen molar-refractivity contribution in [1.82, 2.24) is 14.7 Å². The zero-order valence-corrected chi connectivity index (χ0v) is 16.4. The Bertz CT molecular complexity index is 611. The molecule has 1 amide bonds. The minimum Gasteiger partial charge on any atom is -0.349 e. The Hall–Kier alpha value is -1.39. The molecule has 1 aromatic rings. The third-order valence-electron chi connectivity index (χ3n) is 6.80. The summed E-state index contributed by atoms with van der Waals surface area (Å²) in [6, 6.07) is 10.3. The number of likely N-dealkylation sites (tertiary alicyclic amines) is 2. The fourth-order valence-corrected chi connectivity index (χ4v) is 5.31. The highest BCUT2D eigenvalue weighted by Crippen LogP contribution is 2.30. The average molecular weight is 356 g/mol. The molecule has 0 saturated carbocycles. The summed E-state index contributed by atoms with van der Waals surface area (Å²) in [6.07, 6.45) is 7.20.